The molecule has 240 valence electrons. The number of rotatable bonds is 11. The Morgan fingerprint density at radius 2 is 1.66 bits per heavy atom. The minimum absolute atomic E-state index is 0.0438. The van der Waals surface area contributed by atoms with Crippen LogP contribution >= 0.6 is 0 Å². The van der Waals surface area contributed by atoms with E-state index in [1.807, 2.05) is 14.0 Å². The largest absolute Gasteiger partial charge is 0.344 e. The molecule has 1 aromatic carbocycles. The van der Waals surface area contributed by atoms with E-state index >= 15 is 4.39 Å². The molecule has 12 heteroatoms. The number of hydrogen-bond donors (Lipinski definition) is 3. The average molecular weight is 612 g/mol. The molecular weight excluding hydrogens is 565 g/mol. The van der Waals surface area contributed by atoms with Crippen molar-refractivity contribution in [3.8, 4) is 0 Å². The predicted molar refractivity (Wildman–Crippen MR) is 166 cm³/mol. The van der Waals surface area contributed by atoms with Crippen LogP contribution < -0.4 is 16.0 Å². The second kappa shape index (κ2) is 15.3. The molecule has 3 N–H and O–H groups in total. The van der Waals surface area contributed by atoms with Crippen molar-refractivity contribution in [1.29, 1.82) is 0 Å². The summed E-state index contributed by atoms with van der Waals surface area (Å²) in [6.45, 7) is 8.54. The summed E-state index contributed by atoms with van der Waals surface area (Å²) in [5.74, 6) is -3.31. The van der Waals surface area contributed by atoms with Gasteiger partial charge in [0.25, 0.3) is 0 Å². The zero-order chi connectivity index (χ0) is 31.8. The number of likely N-dealkylation sites (N-methyl/N-ethyl adjacent to an activating group) is 1. The number of anilines is 2. The lowest BCUT2D eigenvalue weighted by Gasteiger charge is -2.36. The van der Waals surface area contributed by atoms with E-state index in [9.17, 15) is 19.2 Å². The zero-order valence-electron chi connectivity index (χ0n) is 26.3. The zero-order valence-corrected chi connectivity index (χ0v) is 26.3. The Hall–Kier alpha value is -3.80. The van der Waals surface area contributed by atoms with Crippen LogP contribution in [0.3, 0.4) is 0 Å². The lowest BCUT2D eigenvalue weighted by atomic mass is 9.79. The lowest BCUT2D eigenvalue weighted by Crippen LogP contribution is -2.55. The summed E-state index contributed by atoms with van der Waals surface area (Å²) in [5, 5.41) is 12.5. The first kappa shape index (κ1) is 33.1. The monoisotopic (exact) mass is 611 g/mol. The van der Waals surface area contributed by atoms with E-state index in [0.717, 1.165) is 45.2 Å². The van der Waals surface area contributed by atoms with E-state index in [1.165, 1.54) is 12.1 Å². The van der Waals surface area contributed by atoms with Gasteiger partial charge in [-0.3, -0.25) is 19.2 Å². The van der Waals surface area contributed by atoms with Gasteiger partial charge in [0.05, 0.1) is 11.9 Å². The average Bonchev–Trinajstić information content (AvgIpc) is 3.48. The van der Waals surface area contributed by atoms with Crippen molar-refractivity contribution in [2.24, 2.45) is 11.8 Å². The maximum absolute atomic E-state index is 15.6. The van der Waals surface area contributed by atoms with Crippen molar-refractivity contribution in [1.82, 2.24) is 24.9 Å². The Kier molecular flexibility index (Phi) is 11.5. The number of nitrogens with one attached hydrogen (secondary N) is 3. The third-order valence-corrected chi connectivity index (χ3v) is 8.95. The first-order valence-electron chi connectivity index (χ1n) is 15.8. The molecule has 1 aliphatic carbocycles. The van der Waals surface area contributed by atoms with Gasteiger partial charge in [0, 0.05) is 51.1 Å². The summed E-state index contributed by atoms with van der Waals surface area (Å²) in [6.07, 6.45) is 6.20. The fourth-order valence-electron chi connectivity index (χ4n) is 6.13. The molecule has 0 unspecified atom stereocenters. The van der Waals surface area contributed by atoms with Gasteiger partial charge in [0.15, 0.2) is 0 Å². The summed E-state index contributed by atoms with van der Waals surface area (Å²) in [7, 11) is 2.00. The quantitative estimate of drug-likeness (QED) is 0.333. The van der Waals surface area contributed by atoms with Crippen LogP contribution in [-0.4, -0.2) is 82.5 Å². The molecule has 4 amide bonds. The molecule has 2 aliphatic rings. The van der Waals surface area contributed by atoms with Crippen LogP contribution in [0.4, 0.5) is 15.9 Å². The Morgan fingerprint density at radius 1 is 0.977 bits per heavy atom. The van der Waals surface area contributed by atoms with Gasteiger partial charge in [0.2, 0.25) is 23.6 Å². The smallest absolute Gasteiger partial charge is 0.245 e. The fourth-order valence-corrected chi connectivity index (χ4v) is 6.13. The van der Waals surface area contributed by atoms with Crippen LogP contribution in [0.15, 0.2) is 30.5 Å². The number of amides is 4. The summed E-state index contributed by atoms with van der Waals surface area (Å²) in [4.78, 5) is 56.8. The van der Waals surface area contributed by atoms with Crippen LogP contribution in [0, 0.1) is 17.7 Å². The van der Waals surface area contributed by atoms with Gasteiger partial charge in [-0.25, -0.2) is 9.07 Å². The fraction of sp³-hybridized carbons (Fsp3) is 0.594. The summed E-state index contributed by atoms with van der Waals surface area (Å²) in [5.41, 5.74) is 0.469. The number of carbonyl (C=O) groups is 4. The third-order valence-electron chi connectivity index (χ3n) is 8.95. The molecule has 1 saturated carbocycles. The van der Waals surface area contributed by atoms with Crippen molar-refractivity contribution < 1.29 is 23.6 Å². The first-order valence-corrected chi connectivity index (χ1v) is 15.8. The SMILES string of the molecule is CCC(=O)N[C@@H](C(=O)N1CCN(C)CC1)[C@@H](C)c1ccc(NC(=O)[C@@H](C(=O)Nc2ccnn2CC)C2CCCCC2)c(F)c1. The van der Waals surface area contributed by atoms with Gasteiger partial charge < -0.3 is 25.8 Å². The number of nitrogens with zero attached hydrogens (tertiary/aromatic N) is 4. The van der Waals surface area contributed by atoms with E-state index < -0.39 is 35.5 Å². The van der Waals surface area contributed by atoms with Crippen molar-refractivity contribution >= 4 is 35.1 Å². The number of hydrogen-bond acceptors (Lipinski definition) is 6. The Bertz CT molecular complexity index is 1320. The molecule has 2 heterocycles. The van der Waals surface area contributed by atoms with Crippen LogP contribution in [0.25, 0.3) is 0 Å². The number of carbonyl (C=O) groups excluding carboxylic acids is 4. The number of piperazine rings is 1. The third kappa shape index (κ3) is 8.02. The molecule has 0 bridgehead atoms. The Labute approximate surface area is 258 Å². The van der Waals surface area contributed by atoms with Gasteiger partial charge in [-0.05, 0) is 50.4 Å². The first-order chi connectivity index (χ1) is 21.1. The number of halogens is 1. The lowest BCUT2D eigenvalue weighted by molar-refractivity contribution is -0.138. The number of aryl methyl sites for hydroxylation is 1. The molecule has 1 aromatic heterocycles. The second-order valence-electron chi connectivity index (χ2n) is 11.9. The normalized spacial score (nSPS) is 18.2. The van der Waals surface area contributed by atoms with Crippen LogP contribution in [-0.2, 0) is 25.7 Å². The van der Waals surface area contributed by atoms with E-state index in [0.29, 0.717) is 31.0 Å². The van der Waals surface area contributed by atoms with Crippen molar-refractivity contribution in [3.05, 3.63) is 41.8 Å². The second-order valence-corrected chi connectivity index (χ2v) is 11.9. The van der Waals surface area contributed by atoms with Crippen LogP contribution in [0.1, 0.15) is 70.8 Å². The molecule has 1 saturated heterocycles. The highest BCUT2D eigenvalue weighted by Gasteiger charge is 2.37. The van der Waals surface area contributed by atoms with Gasteiger partial charge >= 0.3 is 0 Å². The standard InChI is InChI=1S/C32H46FN7O4/c1-5-27(41)37-29(32(44)39-18-16-38(4)17-19-39)21(3)23-12-13-25(24(33)20-23)35-30(42)28(22-10-8-7-9-11-22)31(43)36-26-14-15-34-40(26)6-2/h12-15,20-22,28-29H,5-11,16-19H2,1-4H3,(H,35,42)(H,36,43)(H,37,41)/t21-,28-,29+/m0/s1. The molecule has 0 spiro atoms. The van der Waals surface area contributed by atoms with Gasteiger partial charge in [-0.15, -0.1) is 0 Å². The number of aromatic nitrogens is 2. The number of benzene rings is 1. The highest BCUT2D eigenvalue weighted by molar-refractivity contribution is 6.10. The molecule has 3 atom stereocenters. The summed E-state index contributed by atoms with van der Waals surface area (Å²) < 4.78 is 17.2. The topological polar surface area (TPSA) is 129 Å². The predicted octanol–water partition coefficient (Wildman–Crippen LogP) is 3.59. The van der Waals surface area contributed by atoms with E-state index in [2.05, 4.69) is 25.9 Å². The van der Waals surface area contributed by atoms with Crippen molar-refractivity contribution in [3.63, 3.8) is 0 Å². The molecular formula is C32H46FN7O4. The van der Waals surface area contributed by atoms with Crippen molar-refractivity contribution in [2.75, 3.05) is 43.9 Å². The van der Waals surface area contributed by atoms with Crippen LogP contribution in [0.5, 0.6) is 0 Å². The maximum atomic E-state index is 15.6. The van der Waals surface area contributed by atoms with Gasteiger partial charge in [-0.1, -0.05) is 39.2 Å². The molecule has 2 aromatic rings. The van der Waals surface area contributed by atoms with Crippen LogP contribution in [0.2, 0.25) is 0 Å². The molecule has 2 fully saturated rings. The van der Waals surface area contributed by atoms with Gasteiger partial charge in [0.1, 0.15) is 23.6 Å². The highest BCUT2D eigenvalue weighted by Crippen LogP contribution is 2.33. The van der Waals surface area contributed by atoms with Gasteiger partial charge in [-0.2, -0.15) is 5.10 Å². The van der Waals surface area contributed by atoms with E-state index in [4.69, 9.17) is 0 Å². The van der Waals surface area contributed by atoms with E-state index in [-0.39, 0.29) is 29.8 Å². The summed E-state index contributed by atoms with van der Waals surface area (Å²) >= 11 is 0. The Balaban J connectivity index is 1.52. The minimum Gasteiger partial charge on any atom is -0.344 e. The minimum atomic E-state index is -0.997. The molecule has 11 nitrogen and oxygen atoms in total. The molecule has 1 aliphatic heterocycles. The highest BCUT2D eigenvalue weighted by atomic mass is 19.1. The maximum Gasteiger partial charge on any atom is 0.245 e. The molecule has 4 rings (SSSR count). The molecule has 44 heavy (non-hydrogen) atoms. The van der Waals surface area contributed by atoms with E-state index in [1.54, 1.807) is 41.8 Å². The molecule has 0 radical (unpaired) electrons. The Morgan fingerprint density at radius 3 is 2.30 bits per heavy atom. The summed E-state index contributed by atoms with van der Waals surface area (Å²) in [6, 6.07) is 5.22. The van der Waals surface area contributed by atoms with Crippen molar-refractivity contribution in [2.45, 2.75) is 77.8 Å².